The molecule has 3 heterocycles. The van der Waals surface area contributed by atoms with Crippen LogP contribution in [0.25, 0.3) is 22.2 Å². The Balaban J connectivity index is 1.28. The Labute approximate surface area is 188 Å². The quantitative estimate of drug-likeness (QED) is 0.275. The normalized spacial score (nSPS) is 15.7. The molecule has 4 N–H and O–H groups in total. The van der Waals surface area contributed by atoms with Crippen molar-refractivity contribution >= 4 is 11.0 Å². The molecule has 6 nitrogen and oxygen atoms in total. The van der Waals surface area contributed by atoms with Crippen molar-refractivity contribution in [3.63, 3.8) is 0 Å². The van der Waals surface area contributed by atoms with E-state index in [0.717, 1.165) is 77.5 Å². The van der Waals surface area contributed by atoms with Crippen molar-refractivity contribution in [2.45, 2.75) is 38.8 Å². The number of hydrogen-bond donors (Lipinski definition) is 4. The molecule has 6 heteroatoms. The van der Waals surface area contributed by atoms with Gasteiger partial charge in [-0.1, -0.05) is 31.0 Å². The van der Waals surface area contributed by atoms with Gasteiger partial charge in [-0.3, -0.25) is 0 Å². The van der Waals surface area contributed by atoms with Gasteiger partial charge >= 0.3 is 0 Å². The maximum absolute atomic E-state index is 4.67. The Morgan fingerprint density at radius 1 is 1.06 bits per heavy atom. The number of fused-ring (bicyclic) bond motifs is 1. The second-order valence-electron chi connectivity index (χ2n) is 8.25. The van der Waals surface area contributed by atoms with Crippen LogP contribution in [0.1, 0.15) is 55.1 Å². The number of rotatable bonds is 6. The largest absolute Gasteiger partial charge is 0.341 e. The molecule has 2 aromatic heterocycles. The number of benzene rings is 2. The highest BCUT2D eigenvalue weighted by Crippen LogP contribution is 2.24. The van der Waals surface area contributed by atoms with Crippen LogP contribution in [0, 0.1) is 11.8 Å². The van der Waals surface area contributed by atoms with Crippen molar-refractivity contribution < 1.29 is 0 Å². The second kappa shape index (κ2) is 9.39. The molecule has 32 heavy (non-hydrogen) atoms. The first-order valence-electron chi connectivity index (χ1n) is 11.4. The summed E-state index contributed by atoms with van der Waals surface area (Å²) in [5.74, 6) is 8.39. The van der Waals surface area contributed by atoms with E-state index in [2.05, 4.69) is 91.8 Å². The molecule has 1 atom stereocenters. The zero-order valence-corrected chi connectivity index (χ0v) is 18.3. The summed E-state index contributed by atoms with van der Waals surface area (Å²) in [6.45, 7) is 4.98. The fourth-order valence-electron chi connectivity index (χ4n) is 4.09. The smallest absolute Gasteiger partial charge is 0.124 e. The van der Waals surface area contributed by atoms with E-state index >= 15 is 0 Å². The van der Waals surface area contributed by atoms with Gasteiger partial charge in [0.15, 0.2) is 0 Å². The molecule has 5 rings (SSSR count). The lowest BCUT2D eigenvalue weighted by Gasteiger charge is -2.04. The molecule has 0 aliphatic carbocycles. The van der Waals surface area contributed by atoms with Gasteiger partial charge < -0.3 is 20.6 Å². The number of aromatic nitrogens is 4. The van der Waals surface area contributed by atoms with Crippen molar-refractivity contribution in [2.75, 3.05) is 13.1 Å². The number of hydrogen-bond acceptors (Lipinski definition) is 4. The third-order valence-electron chi connectivity index (χ3n) is 5.80. The monoisotopic (exact) mass is 424 g/mol. The minimum atomic E-state index is 0.334. The lowest BCUT2D eigenvalue weighted by Crippen LogP contribution is -2.14. The van der Waals surface area contributed by atoms with Crippen molar-refractivity contribution in [2.24, 2.45) is 0 Å². The molecule has 4 aromatic rings. The van der Waals surface area contributed by atoms with Gasteiger partial charge in [-0.05, 0) is 73.7 Å². The van der Waals surface area contributed by atoms with Crippen LogP contribution in [0.3, 0.4) is 0 Å². The SMILES string of the molecule is CCCNCc1nc2ccc(-c3ccc(C#Cc4cnc([C@@H]5CCCN5)[nH]4)cc3)cc2[nH]1. The summed E-state index contributed by atoms with van der Waals surface area (Å²) in [5, 5.41) is 6.84. The van der Waals surface area contributed by atoms with E-state index in [4.69, 9.17) is 0 Å². The lowest BCUT2D eigenvalue weighted by molar-refractivity contribution is 0.612. The van der Waals surface area contributed by atoms with E-state index in [0.29, 0.717) is 6.04 Å². The van der Waals surface area contributed by atoms with Crippen LogP contribution in [0.4, 0.5) is 0 Å². The Hall–Kier alpha value is -3.40. The molecule has 162 valence electrons. The van der Waals surface area contributed by atoms with E-state index in [1.165, 1.54) is 6.42 Å². The Kier molecular flexibility index (Phi) is 6.02. The highest BCUT2D eigenvalue weighted by molar-refractivity contribution is 5.82. The third-order valence-corrected chi connectivity index (χ3v) is 5.80. The van der Waals surface area contributed by atoms with Crippen LogP contribution >= 0.6 is 0 Å². The molecule has 0 unspecified atom stereocenters. The molecule has 2 aromatic carbocycles. The van der Waals surface area contributed by atoms with Crippen LogP contribution in [0.15, 0.2) is 48.7 Å². The van der Waals surface area contributed by atoms with E-state index in [1.807, 2.05) is 6.20 Å². The molecule has 1 aliphatic heterocycles. The van der Waals surface area contributed by atoms with Gasteiger partial charge in [-0.25, -0.2) is 9.97 Å². The Bertz CT molecular complexity index is 1250. The van der Waals surface area contributed by atoms with Crippen LogP contribution in [-0.2, 0) is 6.54 Å². The Morgan fingerprint density at radius 3 is 2.75 bits per heavy atom. The van der Waals surface area contributed by atoms with Gasteiger partial charge in [-0.2, -0.15) is 0 Å². The van der Waals surface area contributed by atoms with E-state index in [1.54, 1.807) is 0 Å². The number of nitrogens with zero attached hydrogens (tertiary/aromatic N) is 2. The average Bonchev–Trinajstić information content (AvgIpc) is 3.58. The number of imidazole rings is 2. The number of aromatic amines is 2. The fraction of sp³-hybridized carbons (Fsp3) is 0.308. The molecule has 0 bridgehead atoms. The molecule has 0 amide bonds. The molecule has 0 saturated carbocycles. The van der Waals surface area contributed by atoms with Crippen molar-refractivity contribution in [1.29, 1.82) is 0 Å². The zero-order valence-electron chi connectivity index (χ0n) is 18.3. The summed E-state index contributed by atoms with van der Waals surface area (Å²) in [6, 6.07) is 15.1. The summed E-state index contributed by atoms with van der Waals surface area (Å²) in [6.07, 6.45) is 5.26. The summed E-state index contributed by atoms with van der Waals surface area (Å²) < 4.78 is 0. The van der Waals surface area contributed by atoms with Crippen LogP contribution in [0.2, 0.25) is 0 Å². The summed E-state index contributed by atoms with van der Waals surface area (Å²) in [7, 11) is 0. The lowest BCUT2D eigenvalue weighted by atomic mass is 10.0. The predicted octanol–water partition coefficient (Wildman–Crippen LogP) is 4.28. The van der Waals surface area contributed by atoms with Gasteiger partial charge in [0, 0.05) is 5.56 Å². The highest BCUT2D eigenvalue weighted by atomic mass is 15.0. The topological polar surface area (TPSA) is 81.4 Å². The molecular formula is C26H28N6. The number of H-pyrrole nitrogens is 2. The number of nitrogens with one attached hydrogen (secondary N) is 4. The van der Waals surface area contributed by atoms with Crippen molar-refractivity contribution in [1.82, 2.24) is 30.6 Å². The maximum atomic E-state index is 4.67. The van der Waals surface area contributed by atoms with Crippen LogP contribution in [-0.4, -0.2) is 33.0 Å². The van der Waals surface area contributed by atoms with Crippen molar-refractivity contribution in [3.8, 4) is 23.0 Å². The molecule has 1 fully saturated rings. The highest BCUT2D eigenvalue weighted by Gasteiger charge is 2.18. The Morgan fingerprint density at radius 2 is 1.94 bits per heavy atom. The van der Waals surface area contributed by atoms with Gasteiger partial charge in [0.25, 0.3) is 0 Å². The van der Waals surface area contributed by atoms with Crippen LogP contribution < -0.4 is 10.6 Å². The predicted molar refractivity (Wildman–Crippen MR) is 128 cm³/mol. The van der Waals surface area contributed by atoms with E-state index in [-0.39, 0.29) is 0 Å². The molecule has 1 aliphatic rings. The molecule has 0 radical (unpaired) electrons. The third kappa shape index (κ3) is 4.59. The van der Waals surface area contributed by atoms with Gasteiger partial charge in [0.2, 0.25) is 0 Å². The minimum absolute atomic E-state index is 0.334. The maximum Gasteiger partial charge on any atom is 0.124 e. The van der Waals surface area contributed by atoms with E-state index < -0.39 is 0 Å². The van der Waals surface area contributed by atoms with Gasteiger partial charge in [-0.15, -0.1) is 0 Å². The first-order valence-corrected chi connectivity index (χ1v) is 11.4. The van der Waals surface area contributed by atoms with Gasteiger partial charge in [0.05, 0.1) is 29.8 Å². The fourth-order valence-corrected chi connectivity index (χ4v) is 4.09. The molecular weight excluding hydrogens is 396 g/mol. The van der Waals surface area contributed by atoms with Gasteiger partial charge in [0.1, 0.15) is 17.3 Å². The van der Waals surface area contributed by atoms with Crippen molar-refractivity contribution in [3.05, 3.63) is 71.6 Å². The summed E-state index contributed by atoms with van der Waals surface area (Å²) >= 11 is 0. The molecule has 1 saturated heterocycles. The first kappa shape index (κ1) is 20.5. The minimum Gasteiger partial charge on any atom is -0.341 e. The standard InChI is InChI=1S/C26H28N6/c1-2-13-27-17-25-31-22-12-10-20(15-24(22)32-25)19-8-5-18(6-9-19)7-11-21-16-29-26(30-21)23-4-3-14-28-23/h5-6,8-10,12,15-16,23,27-28H,2-4,13-14,17H2,1H3,(H,29,30)(H,31,32)/t23-/m0/s1. The summed E-state index contributed by atoms with van der Waals surface area (Å²) in [4.78, 5) is 15.9. The molecule has 0 spiro atoms. The van der Waals surface area contributed by atoms with Crippen LogP contribution in [0.5, 0.6) is 0 Å². The average molecular weight is 425 g/mol. The first-order chi connectivity index (χ1) is 15.8. The second-order valence-corrected chi connectivity index (χ2v) is 8.25. The van der Waals surface area contributed by atoms with E-state index in [9.17, 15) is 0 Å². The zero-order chi connectivity index (χ0) is 21.8. The summed E-state index contributed by atoms with van der Waals surface area (Å²) in [5.41, 5.74) is 6.22.